The highest BCUT2D eigenvalue weighted by atomic mass is 35.5. The first-order valence-corrected chi connectivity index (χ1v) is 8.87. The molecule has 0 saturated heterocycles. The summed E-state index contributed by atoms with van der Waals surface area (Å²) < 4.78 is 30.1. The Bertz CT molecular complexity index is 979. The van der Waals surface area contributed by atoms with Gasteiger partial charge in [0.05, 0.1) is 18.4 Å². The van der Waals surface area contributed by atoms with Crippen LogP contribution in [0.25, 0.3) is 0 Å². The van der Waals surface area contributed by atoms with Crippen molar-refractivity contribution >= 4 is 27.6 Å². The fourth-order valence-corrected chi connectivity index (χ4v) is 3.48. The average Bonchev–Trinajstić information content (AvgIpc) is 3.09. The van der Waals surface area contributed by atoms with Crippen LogP contribution in [0.1, 0.15) is 11.3 Å². The summed E-state index contributed by atoms with van der Waals surface area (Å²) in [5, 5.41) is 8.67. The van der Waals surface area contributed by atoms with Gasteiger partial charge in [-0.2, -0.15) is 10.1 Å². The third-order valence-electron chi connectivity index (χ3n) is 3.53. The second-order valence-electron chi connectivity index (χ2n) is 5.18. The summed E-state index contributed by atoms with van der Waals surface area (Å²) >= 11 is 6.10. The smallest absolute Gasteiger partial charge is 0.267 e. The molecule has 24 heavy (non-hydrogen) atoms. The maximum absolute atomic E-state index is 12.4. The van der Waals surface area contributed by atoms with Crippen LogP contribution in [0.5, 0.6) is 0 Å². The van der Waals surface area contributed by atoms with Gasteiger partial charge in [-0.05, 0) is 18.6 Å². The largest absolute Gasteiger partial charge is 0.272 e. The van der Waals surface area contributed by atoms with E-state index in [1.54, 1.807) is 20.0 Å². The maximum atomic E-state index is 12.4. The lowest BCUT2D eigenvalue weighted by atomic mass is 10.2. The van der Waals surface area contributed by atoms with E-state index in [0.717, 1.165) is 5.56 Å². The van der Waals surface area contributed by atoms with Crippen LogP contribution in [0, 0.1) is 6.92 Å². The number of sulfonamides is 1. The summed E-state index contributed by atoms with van der Waals surface area (Å²) in [6, 6.07) is 7.35. The van der Waals surface area contributed by atoms with Gasteiger partial charge in [-0.15, -0.1) is 5.10 Å². The molecule has 0 amide bonds. The van der Waals surface area contributed by atoms with Crippen molar-refractivity contribution in [2.24, 2.45) is 7.05 Å². The SMILES string of the molecule is Cc1c(S(=O)(=O)Nc2ncn(Cc3ccccc3Cl)n2)cnn1C. The van der Waals surface area contributed by atoms with Crippen LogP contribution in [-0.2, 0) is 23.6 Å². The van der Waals surface area contributed by atoms with Gasteiger partial charge in [-0.25, -0.2) is 17.8 Å². The van der Waals surface area contributed by atoms with Gasteiger partial charge in [0.15, 0.2) is 0 Å². The van der Waals surface area contributed by atoms with E-state index in [2.05, 4.69) is 19.9 Å². The van der Waals surface area contributed by atoms with Crippen LogP contribution >= 0.6 is 11.6 Å². The lowest BCUT2D eigenvalue weighted by Crippen LogP contribution is -2.15. The first-order chi connectivity index (χ1) is 11.4. The van der Waals surface area contributed by atoms with E-state index >= 15 is 0 Å². The first kappa shape index (κ1) is 16.5. The molecule has 2 aromatic heterocycles. The molecular weight excluding hydrogens is 352 g/mol. The molecule has 1 aromatic carbocycles. The van der Waals surface area contributed by atoms with E-state index in [1.807, 2.05) is 18.2 Å². The molecule has 0 aliphatic carbocycles. The molecule has 126 valence electrons. The highest BCUT2D eigenvalue weighted by Gasteiger charge is 2.21. The van der Waals surface area contributed by atoms with E-state index in [1.165, 1.54) is 21.9 Å². The third kappa shape index (κ3) is 3.26. The number of anilines is 1. The molecule has 0 spiro atoms. The van der Waals surface area contributed by atoms with Gasteiger partial charge in [-0.3, -0.25) is 4.68 Å². The van der Waals surface area contributed by atoms with Crippen LogP contribution in [0.15, 0.2) is 41.7 Å². The second kappa shape index (κ2) is 6.25. The molecule has 0 atom stereocenters. The van der Waals surface area contributed by atoms with E-state index in [-0.39, 0.29) is 10.8 Å². The number of aromatic nitrogens is 5. The van der Waals surface area contributed by atoms with Gasteiger partial charge in [0.1, 0.15) is 11.2 Å². The minimum absolute atomic E-state index is 0.00898. The predicted molar refractivity (Wildman–Crippen MR) is 89.3 cm³/mol. The highest BCUT2D eigenvalue weighted by Crippen LogP contribution is 2.18. The molecule has 0 saturated carbocycles. The fourth-order valence-electron chi connectivity index (χ4n) is 2.14. The minimum atomic E-state index is -3.79. The number of aryl methyl sites for hydroxylation is 1. The zero-order valence-electron chi connectivity index (χ0n) is 13.0. The molecule has 0 unspecified atom stereocenters. The van der Waals surface area contributed by atoms with E-state index in [0.29, 0.717) is 17.3 Å². The summed E-state index contributed by atoms with van der Waals surface area (Å²) in [5.41, 5.74) is 1.39. The highest BCUT2D eigenvalue weighted by molar-refractivity contribution is 7.92. The molecular formula is C14H15ClN6O2S. The quantitative estimate of drug-likeness (QED) is 0.743. The lowest BCUT2D eigenvalue weighted by molar-refractivity contribution is 0.599. The normalized spacial score (nSPS) is 11.6. The van der Waals surface area contributed by atoms with Crippen molar-refractivity contribution in [1.82, 2.24) is 24.5 Å². The van der Waals surface area contributed by atoms with E-state index in [9.17, 15) is 8.42 Å². The number of benzene rings is 1. The van der Waals surface area contributed by atoms with Crippen molar-refractivity contribution in [3.8, 4) is 0 Å². The van der Waals surface area contributed by atoms with Crippen molar-refractivity contribution in [2.75, 3.05) is 4.72 Å². The predicted octanol–water partition coefficient (Wildman–Crippen LogP) is 1.82. The molecule has 2 heterocycles. The van der Waals surface area contributed by atoms with Crippen LogP contribution in [-0.4, -0.2) is 33.0 Å². The molecule has 3 aromatic rings. The van der Waals surface area contributed by atoms with Gasteiger partial charge in [0.2, 0.25) is 0 Å². The number of nitrogens with zero attached hydrogens (tertiary/aromatic N) is 5. The number of halogens is 1. The fraction of sp³-hybridized carbons (Fsp3) is 0.214. The Morgan fingerprint density at radius 3 is 2.71 bits per heavy atom. The zero-order valence-corrected chi connectivity index (χ0v) is 14.6. The number of nitrogens with one attached hydrogen (secondary N) is 1. The number of rotatable bonds is 5. The molecule has 0 bridgehead atoms. The van der Waals surface area contributed by atoms with E-state index < -0.39 is 10.0 Å². The van der Waals surface area contributed by atoms with Crippen molar-refractivity contribution in [1.29, 1.82) is 0 Å². The van der Waals surface area contributed by atoms with Crippen LogP contribution in [0.2, 0.25) is 5.02 Å². The van der Waals surface area contributed by atoms with Crippen molar-refractivity contribution < 1.29 is 8.42 Å². The lowest BCUT2D eigenvalue weighted by Gasteiger charge is -2.04. The standard InChI is InChI=1S/C14H15ClN6O2S/c1-10-13(7-17-20(10)2)24(22,23)19-14-16-9-21(18-14)8-11-5-3-4-6-12(11)15/h3-7,9H,8H2,1-2H3,(H,18,19). The summed E-state index contributed by atoms with van der Waals surface area (Å²) in [4.78, 5) is 4.07. The van der Waals surface area contributed by atoms with Crippen LogP contribution < -0.4 is 4.72 Å². The Balaban J connectivity index is 1.79. The van der Waals surface area contributed by atoms with Gasteiger partial charge in [0, 0.05) is 12.1 Å². The Morgan fingerprint density at radius 2 is 2.04 bits per heavy atom. The molecule has 0 aliphatic rings. The Labute approximate surface area is 144 Å². The van der Waals surface area contributed by atoms with Crippen molar-refractivity contribution in [2.45, 2.75) is 18.4 Å². The van der Waals surface area contributed by atoms with Crippen LogP contribution in [0.3, 0.4) is 0 Å². The molecule has 8 nitrogen and oxygen atoms in total. The summed E-state index contributed by atoms with van der Waals surface area (Å²) in [7, 11) is -2.12. The molecule has 1 N–H and O–H groups in total. The number of hydrogen-bond acceptors (Lipinski definition) is 5. The Kier molecular flexibility index (Phi) is 4.29. The van der Waals surface area contributed by atoms with Gasteiger partial charge in [0.25, 0.3) is 16.0 Å². The topological polar surface area (TPSA) is 94.7 Å². The Hall–Kier alpha value is -2.39. The van der Waals surface area contributed by atoms with Gasteiger partial charge >= 0.3 is 0 Å². The van der Waals surface area contributed by atoms with Crippen LogP contribution in [0.4, 0.5) is 5.95 Å². The molecule has 0 aliphatic heterocycles. The molecule has 0 radical (unpaired) electrons. The second-order valence-corrected chi connectivity index (χ2v) is 7.24. The minimum Gasteiger partial charge on any atom is -0.272 e. The summed E-state index contributed by atoms with van der Waals surface area (Å²) in [5.74, 6) is -0.00898. The zero-order chi connectivity index (χ0) is 17.3. The average molecular weight is 367 g/mol. The van der Waals surface area contributed by atoms with Gasteiger partial charge < -0.3 is 0 Å². The molecule has 0 fully saturated rings. The number of hydrogen-bond donors (Lipinski definition) is 1. The monoisotopic (exact) mass is 366 g/mol. The molecule has 10 heteroatoms. The third-order valence-corrected chi connectivity index (χ3v) is 5.33. The first-order valence-electron chi connectivity index (χ1n) is 7.01. The molecule has 3 rings (SSSR count). The summed E-state index contributed by atoms with van der Waals surface area (Å²) in [6.45, 7) is 2.06. The summed E-state index contributed by atoms with van der Waals surface area (Å²) in [6.07, 6.45) is 2.73. The van der Waals surface area contributed by atoms with Crippen molar-refractivity contribution in [3.63, 3.8) is 0 Å². The maximum Gasteiger partial charge on any atom is 0.267 e. The van der Waals surface area contributed by atoms with E-state index in [4.69, 9.17) is 11.6 Å². The Morgan fingerprint density at radius 1 is 1.29 bits per heavy atom. The van der Waals surface area contributed by atoms with Gasteiger partial charge in [-0.1, -0.05) is 29.8 Å². The van der Waals surface area contributed by atoms with Crippen molar-refractivity contribution in [3.05, 3.63) is 53.1 Å².